The lowest BCUT2D eigenvalue weighted by Gasteiger charge is -2.15. The summed E-state index contributed by atoms with van der Waals surface area (Å²) in [6.07, 6.45) is 7.31. The number of allylic oxidation sites excluding steroid dienone is 1. The van der Waals surface area contributed by atoms with Crippen LogP contribution in [0.1, 0.15) is 45.2 Å². The Kier molecular flexibility index (Phi) is 6.64. The molecule has 0 aliphatic heterocycles. The summed E-state index contributed by atoms with van der Waals surface area (Å²) in [6, 6.07) is 3.95. The molecule has 0 radical (unpaired) electrons. The average molecular weight is 258 g/mol. The number of hydrogen-bond donors (Lipinski definition) is 0. The van der Waals surface area contributed by atoms with Gasteiger partial charge >= 0.3 is 0 Å². The predicted molar refractivity (Wildman–Crippen MR) is 80.6 cm³/mol. The molecule has 0 aliphatic rings. The second-order valence-corrected chi connectivity index (χ2v) is 4.65. The number of rotatable bonds is 7. The fourth-order valence-corrected chi connectivity index (χ4v) is 1.90. The van der Waals surface area contributed by atoms with Gasteiger partial charge in [0.2, 0.25) is 0 Å². The zero-order valence-corrected chi connectivity index (χ0v) is 12.0. The maximum Gasteiger partial charge on any atom is 0.0659 e. The first-order chi connectivity index (χ1) is 9.19. The van der Waals surface area contributed by atoms with Crippen molar-refractivity contribution in [2.45, 2.75) is 39.5 Å². The topological polar surface area (TPSA) is 50.5 Å². The van der Waals surface area contributed by atoms with Gasteiger partial charge in [0, 0.05) is 24.5 Å². The van der Waals surface area contributed by atoms with Crippen LogP contribution in [0.25, 0.3) is 0 Å². The maximum absolute atomic E-state index is 4.34. The fourth-order valence-electron chi connectivity index (χ4n) is 1.90. The highest BCUT2D eigenvalue weighted by molar-refractivity contribution is 5.55. The third kappa shape index (κ3) is 5.12. The van der Waals surface area contributed by atoms with Crippen LogP contribution in [0.3, 0.4) is 0 Å². The Balaban J connectivity index is 2.56. The molecule has 102 valence electrons. The van der Waals surface area contributed by atoms with Crippen LogP contribution < -0.4 is 0 Å². The lowest BCUT2D eigenvalue weighted by Crippen LogP contribution is -2.03. The van der Waals surface area contributed by atoms with Crippen molar-refractivity contribution in [1.82, 2.24) is 10.2 Å². The summed E-state index contributed by atoms with van der Waals surface area (Å²) in [6.45, 7) is 9.73. The van der Waals surface area contributed by atoms with E-state index in [0.717, 1.165) is 24.2 Å². The first-order valence-electron chi connectivity index (χ1n) is 6.61. The van der Waals surface area contributed by atoms with Crippen molar-refractivity contribution in [2.75, 3.05) is 0 Å². The van der Waals surface area contributed by atoms with E-state index in [9.17, 15) is 0 Å². The zero-order chi connectivity index (χ0) is 14.1. The fraction of sp³-hybridized carbons (Fsp3) is 0.467. The van der Waals surface area contributed by atoms with Crippen LogP contribution in [-0.2, 0) is 0 Å². The smallest absolute Gasteiger partial charge is 0.0659 e. The molecule has 4 nitrogen and oxygen atoms in total. The maximum atomic E-state index is 4.34. The summed E-state index contributed by atoms with van der Waals surface area (Å²) < 4.78 is 0. The molecule has 2 unspecified atom stereocenters. The lowest BCUT2D eigenvalue weighted by molar-refractivity contribution is 0.522. The van der Waals surface area contributed by atoms with E-state index in [1.807, 2.05) is 19.1 Å². The highest BCUT2D eigenvalue weighted by atomic mass is 15.1. The van der Waals surface area contributed by atoms with Crippen molar-refractivity contribution in [1.29, 1.82) is 0 Å². The van der Waals surface area contributed by atoms with E-state index in [0.29, 0.717) is 11.8 Å². The van der Waals surface area contributed by atoms with Crippen molar-refractivity contribution in [2.24, 2.45) is 15.9 Å². The van der Waals surface area contributed by atoms with E-state index >= 15 is 0 Å². The quantitative estimate of drug-likeness (QED) is 0.701. The molecule has 1 aromatic heterocycles. The van der Waals surface area contributed by atoms with Crippen molar-refractivity contribution in [3.8, 4) is 0 Å². The molecule has 1 rings (SSSR count). The van der Waals surface area contributed by atoms with Crippen LogP contribution in [0, 0.1) is 5.92 Å². The standard InChI is InChI=1S/C15H22N4/c1-5-17-15(11-16-4)13(3)9-8-12(2)14-7-6-10-18-19-14/h5-7,10-13H,4,8-9H2,1-3H3/b15-11-,17-5?. The van der Waals surface area contributed by atoms with E-state index < -0.39 is 0 Å². The van der Waals surface area contributed by atoms with E-state index in [2.05, 4.69) is 40.7 Å². The summed E-state index contributed by atoms with van der Waals surface area (Å²) in [7, 11) is 0. The van der Waals surface area contributed by atoms with Crippen molar-refractivity contribution in [3.63, 3.8) is 0 Å². The third-order valence-corrected chi connectivity index (χ3v) is 3.14. The van der Waals surface area contributed by atoms with Crippen LogP contribution in [0.4, 0.5) is 0 Å². The Morgan fingerprint density at radius 1 is 1.42 bits per heavy atom. The van der Waals surface area contributed by atoms with Gasteiger partial charge in [-0.2, -0.15) is 10.2 Å². The average Bonchev–Trinajstić information content (AvgIpc) is 2.45. The van der Waals surface area contributed by atoms with Gasteiger partial charge in [-0.05, 0) is 44.5 Å². The zero-order valence-electron chi connectivity index (χ0n) is 12.0. The van der Waals surface area contributed by atoms with E-state index in [4.69, 9.17) is 0 Å². The number of aliphatic imine (C=N–C) groups is 2. The monoisotopic (exact) mass is 258 g/mol. The summed E-state index contributed by atoms with van der Waals surface area (Å²) in [5.41, 5.74) is 2.02. The first-order valence-corrected chi connectivity index (χ1v) is 6.61. The molecule has 4 heteroatoms. The van der Waals surface area contributed by atoms with Crippen LogP contribution in [0.2, 0.25) is 0 Å². The van der Waals surface area contributed by atoms with Gasteiger partial charge in [0.1, 0.15) is 0 Å². The van der Waals surface area contributed by atoms with Crippen molar-refractivity contribution >= 4 is 12.9 Å². The molecule has 2 atom stereocenters. The minimum Gasteiger partial charge on any atom is -0.271 e. The summed E-state index contributed by atoms with van der Waals surface area (Å²) in [4.78, 5) is 8.15. The molecule has 0 saturated heterocycles. The van der Waals surface area contributed by atoms with Gasteiger partial charge in [-0.1, -0.05) is 13.8 Å². The Morgan fingerprint density at radius 2 is 2.21 bits per heavy atom. The molecule has 0 bridgehead atoms. The Morgan fingerprint density at radius 3 is 2.79 bits per heavy atom. The van der Waals surface area contributed by atoms with Gasteiger partial charge in [0.05, 0.1) is 11.4 Å². The number of nitrogens with zero attached hydrogens (tertiary/aromatic N) is 4. The van der Waals surface area contributed by atoms with Crippen LogP contribution in [0.15, 0.2) is 40.2 Å². The molecule has 1 heterocycles. The van der Waals surface area contributed by atoms with Crippen LogP contribution >= 0.6 is 0 Å². The van der Waals surface area contributed by atoms with Gasteiger partial charge in [-0.3, -0.25) is 9.98 Å². The summed E-state index contributed by atoms with van der Waals surface area (Å²) in [5.74, 6) is 0.764. The minimum absolute atomic E-state index is 0.362. The predicted octanol–water partition coefficient (Wildman–Crippen LogP) is 3.63. The lowest BCUT2D eigenvalue weighted by atomic mass is 9.94. The molecule has 0 saturated carbocycles. The van der Waals surface area contributed by atoms with E-state index in [1.165, 1.54) is 0 Å². The molecular formula is C15H22N4. The molecule has 0 amide bonds. The molecule has 0 spiro atoms. The van der Waals surface area contributed by atoms with Crippen LogP contribution in [-0.4, -0.2) is 23.1 Å². The third-order valence-electron chi connectivity index (χ3n) is 3.14. The molecule has 0 N–H and O–H groups in total. The van der Waals surface area contributed by atoms with E-state index in [-0.39, 0.29) is 0 Å². The molecule has 1 aromatic rings. The highest BCUT2D eigenvalue weighted by Gasteiger charge is 2.12. The SMILES string of the molecule is C=N/C=C(\N=CC)C(C)CCC(C)c1cccnn1. The first kappa shape index (κ1) is 15.2. The second-order valence-electron chi connectivity index (χ2n) is 4.65. The van der Waals surface area contributed by atoms with Crippen LogP contribution in [0.5, 0.6) is 0 Å². The Bertz CT molecular complexity index is 437. The molecule has 0 aromatic carbocycles. The normalized spacial score (nSPS) is 15.4. The summed E-state index contributed by atoms with van der Waals surface area (Å²) >= 11 is 0. The minimum atomic E-state index is 0.362. The Labute approximate surface area is 115 Å². The van der Waals surface area contributed by atoms with Gasteiger partial charge in [-0.25, -0.2) is 0 Å². The van der Waals surface area contributed by atoms with E-state index in [1.54, 1.807) is 18.6 Å². The second kappa shape index (κ2) is 8.29. The van der Waals surface area contributed by atoms with Gasteiger partial charge in [0.15, 0.2) is 0 Å². The highest BCUT2D eigenvalue weighted by Crippen LogP contribution is 2.24. The van der Waals surface area contributed by atoms with Gasteiger partial charge < -0.3 is 0 Å². The molecular weight excluding hydrogens is 236 g/mol. The van der Waals surface area contributed by atoms with Crippen molar-refractivity contribution < 1.29 is 0 Å². The van der Waals surface area contributed by atoms with Crippen molar-refractivity contribution in [3.05, 3.63) is 35.9 Å². The number of hydrogen-bond acceptors (Lipinski definition) is 4. The van der Waals surface area contributed by atoms with Gasteiger partial charge in [-0.15, -0.1) is 0 Å². The molecule has 19 heavy (non-hydrogen) atoms. The number of aromatic nitrogens is 2. The Hall–Kier alpha value is -1.84. The molecule has 0 aliphatic carbocycles. The largest absolute Gasteiger partial charge is 0.271 e. The summed E-state index contributed by atoms with van der Waals surface area (Å²) in [5, 5.41) is 8.07. The van der Waals surface area contributed by atoms with Gasteiger partial charge in [0.25, 0.3) is 0 Å². The molecule has 0 fully saturated rings.